The van der Waals surface area contributed by atoms with Crippen LogP contribution in [0.15, 0.2) is 22.7 Å². The van der Waals surface area contributed by atoms with Crippen molar-refractivity contribution in [2.24, 2.45) is 0 Å². The van der Waals surface area contributed by atoms with Gasteiger partial charge in [0.25, 0.3) is 0 Å². The summed E-state index contributed by atoms with van der Waals surface area (Å²) in [6.07, 6.45) is 0. The number of hydrogen-bond acceptors (Lipinski definition) is 3. The zero-order valence-electron chi connectivity index (χ0n) is 8.20. The summed E-state index contributed by atoms with van der Waals surface area (Å²) in [6, 6.07) is 4.20. The molecule has 0 aliphatic rings. The Morgan fingerprint density at radius 2 is 1.93 bits per heavy atom. The zero-order valence-corrected chi connectivity index (χ0v) is 9.79. The summed E-state index contributed by atoms with van der Waals surface area (Å²) in [5, 5.41) is 15.2. The van der Waals surface area contributed by atoms with E-state index in [-0.39, 0.29) is 24.8 Å². The topological polar surface area (TPSA) is 57.5 Å². The highest BCUT2D eigenvalue weighted by atomic mass is 79.9. The molecule has 0 fully saturated rings. The van der Waals surface area contributed by atoms with Crippen molar-refractivity contribution >= 4 is 21.7 Å². The summed E-state index contributed by atoms with van der Waals surface area (Å²) < 4.78 is 12.9. The average Bonchev–Trinajstić information content (AvgIpc) is 2.22. The lowest BCUT2D eigenvalue weighted by atomic mass is 10.1. The summed E-state index contributed by atoms with van der Waals surface area (Å²) in [4.78, 5) is 10.8. The molecule has 0 aromatic heterocycles. The Hall–Kier alpha value is -0.780. The molecule has 0 bridgehead atoms. The van der Waals surface area contributed by atoms with E-state index in [1.54, 1.807) is 0 Å². The van der Waals surface area contributed by atoms with Crippen LogP contribution in [0.3, 0.4) is 0 Å². The highest BCUT2D eigenvalue weighted by Crippen LogP contribution is 2.16. The predicted molar refractivity (Wildman–Crippen MR) is 58.3 cm³/mol. The fourth-order valence-corrected chi connectivity index (χ4v) is 1.09. The van der Waals surface area contributed by atoms with Gasteiger partial charge >= 0.3 is 0 Å². The Morgan fingerprint density at radius 3 is 2.27 bits per heavy atom. The number of benzene rings is 1. The molecule has 0 aliphatic carbocycles. The molecule has 3 nitrogen and oxygen atoms in total. The molecule has 0 saturated carbocycles. The lowest BCUT2D eigenvalue weighted by Gasteiger charge is -1.96. The van der Waals surface area contributed by atoms with Crippen molar-refractivity contribution in [2.75, 3.05) is 13.2 Å². The van der Waals surface area contributed by atoms with Crippen LogP contribution in [0.5, 0.6) is 0 Å². The number of carbonyl (C=O) groups excluding carboxylic acids is 1. The lowest BCUT2D eigenvalue weighted by Crippen LogP contribution is -1.91. The first-order valence-corrected chi connectivity index (χ1v) is 5.00. The first-order chi connectivity index (χ1) is 7.02. The zero-order chi connectivity index (χ0) is 11.8. The number of aliphatic hydroxyl groups is 2. The SMILES string of the molecule is CC(=O)c1ccc(F)c(Br)c1.OCCO. The van der Waals surface area contributed by atoms with Gasteiger partial charge in [-0.15, -0.1) is 0 Å². The molecule has 0 aliphatic heterocycles. The minimum Gasteiger partial charge on any atom is -0.394 e. The monoisotopic (exact) mass is 278 g/mol. The van der Waals surface area contributed by atoms with E-state index in [0.717, 1.165) is 0 Å². The van der Waals surface area contributed by atoms with Crippen LogP contribution < -0.4 is 0 Å². The van der Waals surface area contributed by atoms with Crippen LogP contribution in [0, 0.1) is 5.82 Å². The van der Waals surface area contributed by atoms with Crippen molar-refractivity contribution in [2.45, 2.75) is 6.92 Å². The fraction of sp³-hybridized carbons (Fsp3) is 0.300. The van der Waals surface area contributed by atoms with E-state index >= 15 is 0 Å². The van der Waals surface area contributed by atoms with Crippen LogP contribution in [-0.4, -0.2) is 29.2 Å². The predicted octanol–water partition coefficient (Wildman–Crippen LogP) is 1.76. The Balaban J connectivity index is 0.000000423. The van der Waals surface area contributed by atoms with E-state index in [2.05, 4.69) is 15.9 Å². The molecule has 1 aromatic rings. The molecule has 0 radical (unpaired) electrons. The van der Waals surface area contributed by atoms with Gasteiger partial charge in [0.2, 0.25) is 0 Å². The number of hydrogen-bond donors (Lipinski definition) is 2. The van der Waals surface area contributed by atoms with Gasteiger partial charge in [0.05, 0.1) is 17.7 Å². The molecule has 1 aromatic carbocycles. The molecule has 0 heterocycles. The minimum absolute atomic E-state index is 0.0642. The quantitative estimate of drug-likeness (QED) is 0.811. The maximum Gasteiger partial charge on any atom is 0.159 e. The van der Waals surface area contributed by atoms with Gasteiger partial charge in [0.15, 0.2) is 5.78 Å². The molecule has 0 amide bonds. The third kappa shape index (κ3) is 5.61. The summed E-state index contributed by atoms with van der Waals surface area (Å²) in [5.41, 5.74) is 0.512. The molecule has 84 valence electrons. The largest absolute Gasteiger partial charge is 0.394 e. The Bertz CT molecular complexity index is 326. The summed E-state index contributed by atoms with van der Waals surface area (Å²) in [7, 11) is 0. The molecule has 1 rings (SSSR count). The van der Waals surface area contributed by atoms with Gasteiger partial charge in [-0.1, -0.05) is 0 Å². The molecular weight excluding hydrogens is 267 g/mol. The standard InChI is InChI=1S/C8H6BrFO.C2H6O2/c1-5(11)6-2-3-8(10)7(9)4-6;3-1-2-4/h2-4H,1H3;3-4H,1-2H2. The maximum atomic E-state index is 12.6. The Kier molecular flexibility index (Phi) is 7.11. The molecule has 2 N–H and O–H groups in total. The van der Waals surface area contributed by atoms with E-state index in [1.807, 2.05) is 0 Å². The second-order valence-corrected chi connectivity index (χ2v) is 3.49. The normalized spacial score (nSPS) is 9.13. The molecule has 0 spiro atoms. The van der Waals surface area contributed by atoms with Crippen molar-refractivity contribution in [3.8, 4) is 0 Å². The Labute approximate surface area is 95.7 Å². The number of ketones is 1. The van der Waals surface area contributed by atoms with Gasteiger partial charge in [0.1, 0.15) is 5.82 Å². The number of Topliss-reactive ketones (excluding diaryl/α,β-unsaturated/α-hetero) is 1. The Morgan fingerprint density at radius 1 is 1.40 bits per heavy atom. The van der Waals surface area contributed by atoms with Gasteiger partial charge in [-0.3, -0.25) is 4.79 Å². The van der Waals surface area contributed by atoms with Crippen LogP contribution in [-0.2, 0) is 0 Å². The van der Waals surface area contributed by atoms with Crippen molar-refractivity contribution in [3.63, 3.8) is 0 Å². The van der Waals surface area contributed by atoms with Gasteiger partial charge in [-0.2, -0.15) is 0 Å². The van der Waals surface area contributed by atoms with Crippen molar-refractivity contribution in [1.82, 2.24) is 0 Å². The van der Waals surface area contributed by atoms with Crippen molar-refractivity contribution in [3.05, 3.63) is 34.1 Å². The highest BCUT2D eigenvalue weighted by molar-refractivity contribution is 9.10. The van der Waals surface area contributed by atoms with E-state index in [0.29, 0.717) is 10.0 Å². The van der Waals surface area contributed by atoms with Gasteiger partial charge in [-0.25, -0.2) is 4.39 Å². The first-order valence-electron chi connectivity index (χ1n) is 4.20. The van der Waals surface area contributed by atoms with Crippen molar-refractivity contribution < 1.29 is 19.4 Å². The number of carbonyl (C=O) groups is 1. The minimum atomic E-state index is -0.352. The summed E-state index contributed by atoms with van der Waals surface area (Å²) >= 11 is 2.99. The second kappa shape index (κ2) is 7.50. The second-order valence-electron chi connectivity index (χ2n) is 2.63. The van der Waals surface area contributed by atoms with Crippen LogP contribution in [0.25, 0.3) is 0 Å². The number of halogens is 2. The van der Waals surface area contributed by atoms with Gasteiger partial charge in [0, 0.05) is 5.56 Å². The van der Waals surface area contributed by atoms with Crippen LogP contribution in [0.4, 0.5) is 4.39 Å². The van der Waals surface area contributed by atoms with E-state index in [1.165, 1.54) is 25.1 Å². The number of rotatable bonds is 2. The molecule has 0 atom stereocenters. The highest BCUT2D eigenvalue weighted by Gasteiger charge is 2.02. The molecular formula is C10H12BrFO3. The third-order valence-corrected chi connectivity index (χ3v) is 2.03. The molecule has 5 heteroatoms. The van der Waals surface area contributed by atoms with E-state index < -0.39 is 0 Å². The summed E-state index contributed by atoms with van der Waals surface area (Å²) in [5.74, 6) is -0.416. The number of aliphatic hydroxyl groups excluding tert-OH is 2. The van der Waals surface area contributed by atoms with Crippen LogP contribution in [0.1, 0.15) is 17.3 Å². The van der Waals surface area contributed by atoms with Gasteiger partial charge in [-0.05, 0) is 41.1 Å². The smallest absolute Gasteiger partial charge is 0.159 e. The lowest BCUT2D eigenvalue weighted by molar-refractivity contribution is 0.101. The third-order valence-electron chi connectivity index (χ3n) is 1.43. The molecule has 0 saturated heterocycles. The first kappa shape index (κ1) is 14.2. The molecule has 15 heavy (non-hydrogen) atoms. The van der Waals surface area contributed by atoms with Crippen molar-refractivity contribution in [1.29, 1.82) is 0 Å². The van der Waals surface area contributed by atoms with Crippen LogP contribution in [0.2, 0.25) is 0 Å². The average molecular weight is 279 g/mol. The maximum absolute atomic E-state index is 12.6. The summed E-state index contributed by atoms with van der Waals surface area (Å²) in [6.45, 7) is 1.19. The van der Waals surface area contributed by atoms with E-state index in [9.17, 15) is 9.18 Å². The fourth-order valence-electron chi connectivity index (χ4n) is 0.715. The molecule has 0 unspecified atom stereocenters. The van der Waals surface area contributed by atoms with E-state index in [4.69, 9.17) is 10.2 Å². The van der Waals surface area contributed by atoms with Gasteiger partial charge < -0.3 is 10.2 Å². The van der Waals surface area contributed by atoms with Crippen LogP contribution >= 0.6 is 15.9 Å².